The van der Waals surface area contributed by atoms with Crippen molar-refractivity contribution in [2.24, 2.45) is 0 Å². The molecule has 6 nitrogen and oxygen atoms in total. The Balaban J connectivity index is 2.10. The van der Waals surface area contributed by atoms with Crippen LogP contribution < -0.4 is 11.1 Å². The predicted molar refractivity (Wildman–Crippen MR) is 75.4 cm³/mol. The number of carbonyl (C=O) groups is 1. The van der Waals surface area contributed by atoms with Gasteiger partial charge < -0.3 is 20.2 Å². The van der Waals surface area contributed by atoms with Crippen LogP contribution in [-0.2, 0) is 17.7 Å². The average Bonchev–Trinajstić information content (AvgIpc) is 2.93. The third-order valence-electron chi connectivity index (χ3n) is 2.85. The highest BCUT2D eigenvalue weighted by Gasteiger charge is 2.09. The standard InChI is InChI=1S/C14H17N3O3/c1-3-10-7-17-13(20-10)8-16-12-6-9(14(18)19-2)4-5-11(12)15/h4-7,16H,3,8,15H2,1-2H3. The molecule has 106 valence electrons. The second kappa shape index (κ2) is 6.10. The molecule has 0 saturated heterocycles. The maximum absolute atomic E-state index is 11.5. The minimum absolute atomic E-state index is 0.398. The van der Waals surface area contributed by atoms with Gasteiger partial charge in [0.05, 0.1) is 36.8 Å². The minimum Gasteiger partial charge on any atom is -0.465 e. The molecule has 0 aliphatic carbocycles. The molecule has 2 rings (SSSR count). The van der Waals surface area contributed by atoms with Crippen LogP contribution >= 0.6 is 0 Å². The lowest BCUT2D eigenvalue weighted by Gasteiger charge is -2.09. The van der Waals surface area contributed by atoms with Crippen LogP contribution in [0.4, 0.5) is 11.4 Å². The maximum Gasteiger partial charge on any atom is 0.337 e. The Morgan fingerprint density at radius 2 is 2.30 bits per heavy atom. The van der Waals surface area contributed by atoms with E-state index >= 15 is 0 Å². The first-order chi connectivity index (χ1) is 9.63. The van der Waals surface area contributed by atoms with Gasteiger partial charge >= 0.3 is 5.97 Å². The van der Waals surface area contributed by atoms with Crippen LogP contribution in [0.2, 0.25) is 0 Å². The molecular formula is C14H17N3O3. The highest BCUT2D eigenvalue weighted by molar-refractivity contribution is 5.91. The van der Waals surface area contributed by atoms with Gasteiger partial charge in [-0.15, -0.1) is 0 Å². The summed E-state index contributed by atoms with van der Waals surface area (Å²) in [4.78, 5) is 15.6. The number of aryl methyl sites for hydroxylation is 1. The van der Waals surface area contributed by atoms with Gasteiger partial charge in [0.25, 0.3) is 0 Å². The van der Waals surface area contributed by atoms with Crippen LogP contribution in [0.15, 0.2) is 28.8 Å². The summed E-state index contributed by atoms with van der Waals surface area (Å²) in [5, 5.41) is 3.10. The Kier molecular flexibility index (Phi) is 4.24. The summed E-state index contributed by atoms with van der Waals surface area (Å²) < 4.78 is 10.2. The van der Waals surface area contributed by atoms with Crippen LogP contribution in [0.5, 0.6) is 0 Å². The van der Waals surface area contributed by atoms with Crippen LogP contribution in [0.3, 0.4) is 0 Å². The fourth-order valence-corrected chi connectivity index (χ4v) is 1.72. The van der Waals surface area contributed by atoms with Crippen molar-refractivity contribution in [1.29, 1.82) is 0 Å². The van der Waals surface area contributed by atoms with E-state index in [1.165, 1.54) is 7.11 Å². The maximum atomic E-state index is 11.5. The molecule has 1 aromatic carbocycles. The van der Waals surface area contributed by atoms with Crippen LogP contribution in [0.25, 0.3) is 0 Å². The van der Waals surface area contributed by atoms with E-state index in [2.05, 4.69) is 15.0 Å². The summed E-state index contributed by atoms with van der Waals surface area (Å²) in [5.74, 6) is 1.00. The summed E-state index contributed by atoms with van der Waals surface area (Å²) in [5.41, 5.74) is 7.48. The van der Waals surface area contributed by atoms with Crippen molar-refractivity contribution in [2.75, 3.05) is 18.2 Å². The zero-order valence-corrected chi connectivity index (χ0v) is 11.5. The Morgan fingerprint density at radius 1 is 1.50 bits per heavy atom. The number of anilines is 2. The van der Waals surface area contributed by atoms with E-state index in [0.717, 1.165) is 12.2 Å². The molecule has 0 unspecified atom stereocenters. The van der Waals surface area contributed by atoms with Crippen molar-refractivity contribution >= 4 is 17.3 Å². The monoisotopic (exact) mass is 275 g/mol. The predicted octanol–water partition coefficient (Wildman–Crippen LogP) is 2.22. The Morgan fingerprint density at radius 3 is 2.95 bits per heavy atom. The summed E-state index contributed by atoms with van der Waals surface area (Å²) in [6, 6.07) is 4.92. The molecule has 0 aliphatic rings. The van der Waals surface area contributed by atoms with E-state index in [9.17, 15) is 4.79 Å². The van der Waals surface area contributed by atoms with Crippen molar-refractivity contribution in [2.45, 2.75) is 19.9 Å². The number of nitrogens with one attached hydrogen (secondary N) is 1. The van der Waals surface area contributed by atoms with E-state index in [-0.39, 0.29) is 0 Å². The molecule has 1 heterocycles. The fraction of sp³-hybridized carbons (Fsp3) is 0.286. The van der Waals surface area contributed by atoms with Gasteiger partial charge in [-0.25, -0.2) is 9.78 Å². The highest BCUT2D eigenvalue weighted by atomic mass is 16.5. The lowest BCUT2D eigenvalue weighted by atomic mass is 10.1. The number of nitrogens with two attached hydrogens (primary N) is 1. The topological polar surface area (TPSA) is 90.4 Å². The smallest absolute Gasteiger partial charge is 0.337 e. The van der Waals surface area contributed by atoms with Gasteiger partial charge in [-0.2, -0.15) is 0 Å². The van der Waals surface area contributed by atoms with Gasteiger partial charge in [-0.3, -0.25) is 0 Å². The van der Waals surface area contributed by atoms with Crippen LogP contribution in [0.1, 0.15) is 28.9 Å². The second-order valence-corrected chi connectivity index (χ2v) is 4.22. The van der Waals surface area contributed by atoms with Crippen molar-refractivity contribution in [1.82, 2.24) is 4.98 Å². The number of carbonyl (C=O) groups excluding carboxylic acids is 1. The zero-order chi connectivity index (χ0) is 14.5. The molecule has 0 saturated carbocycles. The van der Waals surface area contributed by atoms with Gasteiger partial charge in [0.1, 0.15) is 5.76 Å². The molecule has 0 fully saturated rings. The number of oxazole rings is 1. The first-order valence-corrected chi connectivity index (χ1v) is 6.29. The highest BCUT2D eigenvalue weighted by Crippen LogP contribution is 2.21. The normalized spacial score (nSPS) is 10.3. The molecule has 3 N–H and O–H groups in total. The number of aromatic nitrogens is 1. The molecule has 1 aromatic heterocycles. The van der Waals surface area contributed by atoms with Crippen molar-refractivity contribution < 1.29 is 13.9 Å². The van der Waals surface area contributed by atoms with E-state index in [0.29, 0.717) is 29.4 Å². The molecule has 0 atom stereocenters. The first kappa shape index (κ1) is 13.9. The average molecular weight is 275 g/mol. The van der Waals surface area contributed by atoms with E-state index in [1.54, 1.807) is 24.4 Å². The third-order valence-corrected chi connectivity index (χ3v) is 2.85. The van der Waals surface area contributed by atoms with Gasteiger partial charge in [0.15, 0.2) is 0 Å². The van der Waals surface area contributed by atoms with E-state index in [4.69, 9.17) is 10.2 Å². The van der Waals surface area contributed by atoms with E-state index in [1.807, 2.05) is 6.92 Å². The summed E-state index contributed by atoms with van der Waals surface area (Å²) in [7, 11) is 1.34. The third kappa shape index (κ3) is 3.09. The van der Waals surface area contributed by atoms with Crippen molar-refractivity contribution in [3.05, 3.63) is 41.6 Å². The minimum atomic E-state index is -0.405. The van der Waals surface area contributed by atoms with Crippen LogP contribution in [0, 0.1) is 0 Å². The lowest BCUT2D eigenvalue weighted by Crippen LogP contribution is -2.06. The van der Waals surface area contributed by atoms with Crippen molar-refractivity contribution in [3.63, 3.8) is 0 Å². The molecule has 2 aromatic rings. The molecule has 0 spiro atoms. The number of hydrogen-bond acceptors (Lipinski definition) is 6. The SMILES string of the molecule is CCc1cnc(CNc2cc(C(=O)OC)ccc2N)o1. The largest absolute Gasteiger partial charge is 0.465 e. The number of nitrogens with zero attached hydrogens (tertiary/aromatic N) is 1. The molecule has 6 heteroatoms. The number of hydrogen-bond donors (Lipinski definition) is 2. The van der Waals surface area contributed by atoms with Gasteiger partial charge in [-0.1, -0.05) is 6.92 Å². The Labute approximate surface area is 116 Å². The summed E-state index contributed by atoms with van der Waals surface area (Å²) in [6.07, 6.45) is 2.50. The number of benzene rings is 1. The molecule has 0 bridgehead atoms. The van der Waals surface area contributed by atoms with Crippen LogP contribution in [-0.4, -0.2) is 18.1 Å². The molecular weight excluding hydrogens is 258 g/mol. The van der Waals surface area contributed by atoms with Gasteiger partial charge in [0, 0.05) is 6.42 Å². The second-order valence-electron chi connectivity index (χ2n) is 4.22. The molecule has 20 heavy (non-hydrogen) atoms. The summed E-state index contributed by atoms with van der Waals surface area (Å²) in [6.45, 7) is 2.39. The Hall–Kier alpha value is -2.50. The first-order valence-electron chi connectivity index (χ1n) is 6.29. The van der Waals surface area contributed by atoms with Gasteiger partial charge in [-0.05, 0) is 18.2 Å². The lowest BCUT2D eigenvalue weighted by molar-refractivity contribution is 0.0601. The zero-order valence-electron chi connectivity index (χ0n) is 11.5. The number of rotatable bonds is 5. The molecule has 0 amide bonds. The van der Waals surface area contributed by atoms with E-state index < -0.39 is 5.97 Å². The number of ether oxygens (including phenoxy) is 1. The fourth-order valence-electron chi connectivity index (χ4n) is 1.72. The molecule has 0 aliphatic heterocycles. The Bertz CT molecular complexity index is 607. The van der Waals surface area contributed by atoms with Crippen molar-refractivity contribution in [3.8, 4) is 0 Å². The van der Waals surface area contributed by atoms with Gasteiger partial charge in [0.2, 0.25) is 5.89 Å². The quantitative estimate of drug-likeness (QED) is 0.642. The summed E-state index contributed by atoms with van der Waals surface area (Å²) >= 11 is 0. The number of nitrogen functional groups attached to an aromatic ring is 1. The molecule has 0 radical (unpaired) electrons. The number of esters is 1. The number of methoxy groups -OCH3 is 1.